The first-order valence-electron chi connectivity index (χ1n) is 5.88. The standard InChI is InChI=1S/C13H19F2NS/c1-3-17-7-6-10(2)16-9-11-4-5-12(14)13(15)8-11/h4-5,8,10,16H,3,6-7,9H2,1-2H3. The molecule has 1 N–H and O–H groups in total. The van der Waals surface area contributed by atoms with E-state index in [0.29, 0.717) is 12.6 Å². The quantitative estimate of drug-likeness (QED) is 0.751. The second-order valence-electron chi connectivity index (χ2n) is 4.02. The summed E-state index contributed by atoms with van der Waals surface area (Å²) < 4.78 is 25.7. The van der Waals surface area contributed by atoms with Crippen LogP contribution >= 0.6 is 11.8 Å². The highest BCUT2D eigenvalue weighted by Crippen LogP contribution is 2.09. The fourth-order valence-corrected chi connectivity index (χ4v) is 2.26. The predicted molar refractivity (Wildman–Crippen MR) is 70.3 cm³/mol. The minimum Gasteiger partial charge on any atom is -0.310 e. The van der Waals surface area contributed by atoms with Crippen LogP contribution in [-0.2, 0) is 6.54 Å². The first kappa shape index (κ1) is 14.5. The lowest BCUT2D eigenvalue weighted by molar-refractivity contribution is 0.501. The van der Waals surface area contributed by atoms with Crippen LogP contribution < -0.4 is 5.32 Å². The van der Waals surface area contributed by atoms with Gasteiger partial charge in [-0.05, 0) is 42.5 Å². The third-order valence-corrected chi connectivity index (χ3v) is 3.47. The molecule has 17 heavy (non-hydrogen) atoms. The lowest BCUT2D eigenvalue weighted by atomic mass is 10.2. The van der Waals surface area contributed by atoms with E-state index in [1.54, 1.807) is 6.07 Å². The molecule has 0 saturated carbocycles. The molecule has 0 aliphatic rings. The minimum atomic E-state index is -0.791. The van der Waals surface area contributed by atoms with Gasteiger partial charge in [0.05, 0.1) is 0 Å². The molecule has 0 saturated heterocycles. The Morgan fingerprint density at radius 2 is 2.06 bits per heavy atom. The fourth-order valence-electron chi connectivity index (χ4n) is 1.45. The molecule has 0 radical (unpaired) electrons. The smallest absolute Gasteiger partial charge is 0.159 e. The van der Waals surface area contributed by atoms with Crippen molar-refractivity contribution < 1.29 is 8.78 Å². The van der Waals surface area contributed by atoms with Gasteiger partial charge in [0.25, 0.3) is 0 Å². The minimum absolute atomic E-state index is 0.391. The van der Waals surface area contributed by atoms with Crippen molar-refractivity contribution >= 4 is 11.8 Å². The summed E-state index contributed by atoms with van der Waals surface area (Å²) in [5.41, 5.74) is 0.777. The van der Waals surface area contributed by atoms with E-state index in [-0.39, 0.29) is 0 Å². The molecule has 0 bridgehead atoms. The molecule has 0 aliphatic heterocycles. The molecule has 1 atom stereocenters. The van der Waals surface area contributed by atoms with Gasteiger partial charge in [-0.3, -0.25) is 0 Å². The maximum absolute atomic E-state index is 12.9. The van der Waals surface area contributed by atoms with Gasteiger partial charge in [0, 0.05) is 12.6 Å². The van der Waals surface area contributed by atoms with Crippen molar-refractivity contribution in [1.29, 1.82) is 0 Å². The molecule has 0 aliphatic carbocycles. The van der Waals surface area contributed by atoms with E-state index in [1.807, 2.05) is 11.8 Å². The van der Waals surface area contributed by atoms with Crippen LogP contribution in [-0.4, -0.2) is 17.5 Å². The van der Waals surface area contributed by atoms with Crippen molar-refractivity contribution in [2.45, 2.75) is 32.9 Å². The van der Waals surface area contributed by atoms with Gasteiger partial charge >= 0.3 is 0 Å². The third kappa shape index (κ3) is 5.50. The Morgan fingerprint density at radius 1 is 1.29 bits per heavy atom. The topological polar surface area (TPSA) is 12.0 Å². The molecule has 1 aromatic rings. The molecule has 1 nitrogen and oxygen atoms in total. The molecular formula is C13H19F2NS. The molecule has 0 aromatic heterocycles. The van der Waals surface area contributed by atoms with Crippen molar-refractivity contribution in [1.82, 2.24) is 5.32 Å². The van der Waals surface area contributed by atoms with E-state index in [0.717, 1.165) is 23.5 Å². The van der Waals surface area contributed by atoms with Crippen LogP contribution in [0.2, 0.25) is 0 Å². The molecule has 0 spiro atoms. The predicted octanol–water partition coefficient (Wildman–Crippen LogP) is 3.59. The third-order valence-electron chi connectivity index (χ3n) is 2.54. The van der Waals surface area contributed by atoms with Crippen molar-refractivity contribution in [3.05, 3.63) is 35.4 Å². The van der Waals surface area contributed by atoms with E-state index in [1.165, 1.54) is 12.1 Å². The SMILES string of the molecule is CCSCCC(C)NCc1ccc(F)c(F)c1. The van der Waals surface area contributed by atoms with Crippen molar-refractivity contribution in [2.75, 3.05) is 11.5 Å². The summed E-state index contributed by atoms with van der Waals surface area (Å²) in [6, 6.07) is 4.42. The Labute approximate surface area is 106 Å². The van der Waals surface area contributed by atoms with Gasteiger partial charge < -0.3 is 5.32 Å². The van der Waals surface area contributed by atoms with Crippen molar-refractivity contribution in [3.63, 3.8) is 0 Å². The Kier molecular flexibility index (Phi) is 6.52. The Hall–Kier alpha value is -0.610. The van der Waals surface area contributed by atoms with Gasteiger partial charge in [0.1, 0.15) is 0 Å². The van der Waals surface area contributed by atoms with Crippen molar-refractivity contribution in [2.24, 2.45) is 0 Å². The summed E-state index contributed by atoms with van der Waals surface area (Å²) in [6.07, 6.45) is 1.09. The monoisotopic (exact) mass is 259 g/mol. The van der Waals surface area contributed by atoms with Gasteiger partial charge in [-0.2, -0.15) is 11.8 Å². The summed E-state index contributed by atoms with van der Waals surface area (Å²) in [4.78, 5) is 0. The average molecular weight is 259 g/mol. The van der Waals surface area contributed by atoms with Crippen LogP contribution in [0.15, 0.2) is 18.2 Å². The Morgan fingerprint density at radius 3 is 2.71 bits per heavy atom. The highest BCUT2D eigenvalue weighted by molar-refractivity contribution is 7.99. The summed E-state index contributed by atoms with van der Waals surface area (Å²) in [5.74, 6) is 0.692. The van der Waals surface area contributed by atoms with Gasteiger partial charge in [-0.25, -0.2) is 8.78 Å². The van der Waals surface area contributed by atoms with Gasteiger partial charge in [-0.1, -0.05) is 13.0 Å². The van der Waals surface area contributed by atoms with E-state index in [9.17, 15) is 8.78 Å². The molecule has 0 fully saturated rings. The number of thioether (sulfide) groups is 1. The van der Waals surface area contributed by atoms with Crippen LogP contribution in [0.5, 0.6) is 0 Å². The second-order valence-corrected chi connectivity index (χ2v) is 5.41. The summed E-state index contributed by atoms with van der Waals surface area (Å²) in [5, 5.41) is 3.30. The zero-order valence-corrected chi connectivity index (χ0v) is 11.1. The highest BCUT2D eigenvalue weighted by atomic mass is 32.2. The zero-order chi connectivity index (χ0) is 12.7. The molecule has 0 amide bonds. The molecular weight excluding hydrogens is 240 g/mol. The van der Waals surface area contributed by atoms with Gasteiger partial charge in [0.15, 0.2) is 11.6 Å². The first-order chi connectivity index (χ1) is 8.13. The van der Waals surface area contributed by atoms with Crippen LogP contribution in [0.4, 0.5) is 8.78 Å². The lowest BCUT2D eigenvalue weighted by Crippen LogP contribution is -2.26. The zero-order valence-electron chi connectivity index (χ0n) is 10.3. The van der Waals surface area contributed by atoms with Crippen LogP contribution in [0.25, 0.3) is 0 Å². The highest BCUT2D eigenvalue weighted by Gasteiger charge is 2.04. The fraction of sp³-hybridized carbons (Fsp3) is 0.538. The van der Waals surface area contributed by atoms with E-state index in [4.69, 9.17) is 0 Å². The normalized spacial score (nSPS) is 12.7. The number of nitrogens with one attached hydrogen (secondary N) is 1. The Bertz CT molecular complexity index is 344. The summed E-state index contributed by atoms with van der Waals surface area (Å²) in [7, 11) is 0. The van der Waals surface area contributed by atoms with Gasteiger partial charge in [-0.15, -0.1) is 0 Å². The van der Waals surface area contributed by atoms with E-state index < -0.39 is 11.6 Å². The number of hydrogen-bond acceptors (Lipinski definition) is 2. The van der Waals surface area contributed by atoms with E-state index in [2.05, 4.69) is 19.2 Å². The van der Waals surface area contributed by atoms with Crippen molar-refractivity contribution in [3.8, 4) is 0 Å². The van der Waals surface area contributed by atoms with E-state index >= 15 is 0 Å². The lowest BCUT2D eigenvalue weighted by Gasteiger charge is -2.13. The molecule has 1 aromatic carbocycles. The van der Waals surface area contributed by atoms with Gasteiger partial charge in [0.2, 0.25) is 0 Å². The summed E-state index contributed by atoms with van der Waals surface area (Å²) >= 11 is 1.91. The Balaban J connectivity index is 2.31. The number of rotatable bonds is 7. The second kappa shape index (κ2) is 7.67. The van der Waals surface area contributed by atoms with Crippen LogP contribution in [0.1, 0.15) is 25.8 Å². The number of halogens is 2. The molecule has 1 rings (SSSR count). The number of benzene rings is 1. The largest absolute Gasteiger partial charge is 0.310 e. The molecule has 0 heterocycles. The van der Waals surface area contributed by atoms with Crippen LogP contribution in [0, 0.1) is 11.6 Å². The molecule has 96 valence electrons. The summed E-state index contributed by atoms with van der Waals surface area (Å²) in [6.45, 7) is 4.83. The maximum Gasteiger partial charge on any atom is 0.159 e. The molecule has 4 heteroatoms. The number of hydrogen-bond donors (Lipinski definition) is 1. The molecule has 1 unspecified atom stereocenters. The first-order valence-corrected chi connectivity index (χ1v) is 7.04. The average Bonchev–Trinajstić information content (AvgIpc) is 2.31. The maximum atomic E-state index is 12.9. The van der Waals surface area contributed by atoms with Crippen LogP contribution in [0.3, 0.4) is 0 Å².